The number of anilines is 1. The number of carbonyl (C=O) groups excluding carboxylic acids is 3. The molecule has 7 nitrogen and oxygen atoms in total. The minimum Gasteiger partial charge on any atom is -0.507 e. The quantitative estimate of drug-likeness (QED) is 0.747. The zero-order valence-corrected chi connectivity index (χ0v) is 16.4. The van der Waals surface area contributed by atoms with Gasteiger partial charge in [-0.25, -0.2) is 4.79 Å². The van der Waals surface area contributed by atoms with Gasteiger partial charge in [0.05, 0.1) is 6.54 Å². The number of nitrogens with zero attached hydrogens (tertiary/aromatic N) is 1. The molecule has 0 heterocycles. The first-order chi connectivity index (χ1) is 13.2. The molecule has 0 aromatic heterocycles. The number of carbonyl (C=O) groups is 3. The topological polar surface area (TPSA) is 95.9 Å². The number of amides is 2. The van der Waals surface area contributed by atoms with Crippen LogP contribution in [0.3, 0.4) is 0 Å². The van der Waals surface area contributed by atoms with Gasteiger partial charge in [-0.3, -0.25) is 9.59 Å². The minimum absolute atomic E-state index is 0.0197. The molecule has 0 aliphatic heterocycles. The molecule has 0 aliphatic carbocycles. The average molecular weight is 384 g/mol. The Balaban J connectivity index is 1.87. The molecule has 2 aromatic rings. The van der Waals surface area contributed by atoms with Crippen LogP contribution in [0.1, 0.15) is 27.0 Å². The predicted molar refractivity (Wildman–Crippen MR) is 105 cm³/mol. The van der Waals surface area contributed by atoms with Crippen LogP contribution >= 0.6 is 0 Å². The highest BCUT2D eigenvalue weighted by Crippen LogP contribution is 2.19. The minimum atomic E-state index is -0.806. The Morgan fingerprint density at radius 2 is 1.68 bits per heavy atom. The number of esters is 1. The van der Waals surface area contributed by atoms with Crippen LogP contribution in [-0.2, 0) is 14.3 Å². The number of ether oxygens (including phenoxy) is 1. The van der Waals surface area contributed by atoms with Crippen molar-refractivity contribution in [2.45, 2.75) is 20.8 Å². The lowest BCUT2D eigenvalue weighted by Crippen LogP contribution is -2.37. The van der Waals surface area contributed by atoms with E-state index in [0.717, 1.165) is 16.7 Å². The Bertz CT molecular complexity index is 908. The lowest BCUT2D eigenvalue weighted by Gasteiger charge is -2.17. The molecule has 7 heteroatoms. The highest BCUT2D eigenvalue weighted by atomic mass is 16.5. The molecular formula is C21H24N2O5. The fourth-order valence-corrected chi connectivity index (χ4v) is 2.49. The Morgan fingerprint density at radius 3 is 2.36 bits per heavy atom. The number of aryl methyl sites for hydroxylation is 3. The summed E-state index contributed by atoms with van der Waals surface area (Å²) < 4.78 is 4.94. The van der Waals surface area contributed by atoms with Crippen molar-refractivity contribution in [2.24, 2.45) is 0 Å². The number of phenols is 1. The molecule has 2 N–H and O–H groups in total. The summed E-state index contributed by atoms with van der Waals surface area (Å²) in [5.41, 5.74) is 3.39. The highest BCUT2D eigenvalue weighted by Gasteiger charge is 2.18. The van der Waals surface area contributed by atoms with Gasteiger partial charge in [0.25, 0.3) is 5.91 Å². The van der Waals surface area contributed by atoms with Crippen LogP contribution in [0.5, 0.6) is 5.75 Å². The Morgan fingerprint density at radius 1 is 1.04 bits per heavy atom. The first-order valence-corrected chi connectivity index (χ1v) is 8.75. The van der Waals surface area contributed by atoms with Crippen molar-refractivity contribution in [3.05, 3.63) is 58.7 Å². The van der Waals surface area contributed by atoms with Gasteiger partial charge in [0.15, 0.2) is 6.61 Å². The van der Waals surface area contributed by atoms with Gasteiger partial charge in [-0.1, -0.05) is 18.2 Å². The van der Waals surface area contributed by atoms with Crippen LogP contribution in [0.25, 0.3) is 0 Å². The van der Waals surface area contributed by atoms with Crippen LogP contribution in [-0.4, -0.2) is 48.0 Å². The summed E-state index contributed by atoms with van der Waals surface area (Å²) in [5.74, 6) is -1.90. The molecule has 2 rings (SSSR count). The Labute approximate surface area is 163 Å². The first kappa shape index (κ1) is 21.0. The van der Waals surface area contributed by atoms with E-state index in [0.29, 0.717) is 5.69 Å². The molecule has 0 bridgehead atoms. The van der Waals surface area contributed by atoms with Crippen molar-refractivity contribution < 1.29 is 24.2 Å². The van der Waals surface area contributed by atoms with Gasteiger partial charge < -0.3 is 20.1 Å². The van der Waals surface area contributed by atoms with Crippen LogP contribution in [0.4, 0.5) is 5.69 Å². The van der Waals surface area contributed by atoms with E-state index in [1.54, 1.807) is 13.0 Å². The van der Waals surface area contributed by atoms with Crippen LogP contribution in [0.15, 0.2) is 36.4 Å². The molecule has 2 aromatic carbocycles. The predicted octanol–water partition coefficient (Wildman–Crippen LogP) is 2.57. The first-order valence-electron chi connectivity index (χ1n) is 8.75. The normalized spacial score (nSPS) is 10.3. The lowest BCUT2D eigenvalue weighted by molar-refractivity contribution is -0.136. The molecule has 0 saturated heterocycles. The monoisotopic (exact) mass is 384 g/mol. The van der Waals surface area contributed by atoms with E-state index in [1.807, 2.05) is 32.0 Å². The number of hydrogen-bond acceptors (Lipinski definition) is 5. The summed E-state index contributed by atoms with van der Waals surface area (Å²) in [4.78, 5) is 37.5. The second kappa shape index (κ2) is 9.03. The summed E-state index contributed by atoms with van der Waals surface area (Å²) in [6.45, 7) is 4.87. The largest absolute Gasteiger partial charge is 0.507 e. The molecule has 0 aliphatic rings. The van der Waals surface area contributed by atoms with Crippen molar-refractivity contribution in [3.8, 4) is 5.75 Å². The SMILES string of the molecule is Cc1ccc(C(=O)OCC(=O)N(C)CC(=O)Nc2cc(C)ccc2C)c(O)c1. The summed E-state index contributed by atoms with van der Waals surface area (Å²) in [6.07, 6.45) is 0. The maximum Gasteiger partial charge on any atom is 0.342 e. The van der Waals surface area contributed by atoms with Gasteiger partial charge in [-0.2, -0.15) is 0 Å². The lowest BCUT2D eigenvalue weighted by atomic mass is 10.1. The van der Waals surface area contributed by atoms with Gasteiger partial charge in [0.1, 0.15) is 11.3 Å². The summed E-state index contributed by atoms with van der Waals surface area (Å²) >= 11 is 0. The maximum absolute atomic E-state index is 12.2. The summed E-state index contributed by atoms with van der Waals surface area (Å²) in [5, 5.41) is 12.6. The molecular weight excluding hydrogens is 360 g/mol. The van der Waals surface area contributed by atoms with Crippen molar-refractivity contribution >= 4 is 23.5 Å². The number of likely N-dealkylation sites (N-methyl/N-ethyl adjacent to an activating group) is 1. The van der Waals surface area contributed by atoms with E-state index >= 15 is 0 Å². The van der Waals surface area contributed by atoms with Crippen molar-refractivity contribution in [1.82, 2.24) is 4.90 Å². The number of benzene rings is 2. The highest BCUT2D eigenvalue weighted by molar-refractivity contribution is 5.96. The van der Waals surface area contributed by atoms with E-state index in [-0.39, 0.29) is 23.8 Å². The van der Waals surface area contributed by atoms with Gasteiger partial charge in [0, 0.05) is 12.7 Å². The molecule has 0 saturated carbocycles. The number of aromatic hydroxyl groups is 1. The fraction of sp³-hybridized carbons (Fsp3) is 0.286. The van der Waals surface area contributed by atoms with Crippen LogP contribution in [0.2, 0.25) is 0 Å². The van der Waals surface area contributed by atoms with E-state index in [2.05, 4.69) is 5.32 Å². The van der Waals surface area contributed by atoms with Gasteiger partial charge in [-0.05, 0) is 55.7 Å². The van der Waals surface area contributed by atoms with Crippen LogP contribution in [0, 0.1) is 20.8 Å². The van der Waals surface area contributed by atoms with Gasteiger partial charge >= 0.3 is 5.97 Å². The Kier molecular flexibility index (Phi) is 6.76. The summed E-state index contributed by atoms with van der Waals surface area (Å²) in [6, 6.07) is 10.2. The Hall–Kier alpha value is -3.35. The van der Waals surface area contributed by atoms with E-state index < -0.39 is 18.5 Å². The fourth-order valence-electron chi connectivity index (χ4n) is 2.49. The van der Waals surface area contributed by atoms with Crippen molar-refractivity contribution in [2.75, 3.05) is 25.5 Å². The smallest absolute Gasteiger partial charge is 0.342 e. The van der Waals surface area contributed by atoms with Crippen LogP contribution < -0.4 is 5.32 Å². The molecule has 2 amide bonds. The molecule has 0 spiro atoms. The summed E-state index contributed by atoms with van der Waals surface area (Å²) in [7, 11) is 1.45. The molecule has 28 heavy (non-hydrogen) atoms. The maximum atomic E-state index is 12.2. The van der Waals surface area contributed by atoms with E-state index in [4.69, 9.17) is 4.74 Å². The van der Waals surface area contributed by atoms with E-state index in [9.17, 15) is 19.5 Å². The van der Waals surface area contributed by atoms with E-state index in [1.165, 1.54) is 24.1 Å². The van der Waals surface area contributed by atoms with Gasteiger partial charge in [-0.15, -0.1) is 0 Å². The third-order valence-electron chi connectivity index (χ3n) is 4.17. The molecule has 0 radical (unpaired) electrons. The molecule has 148 valence electrons. The zero-order chi connectivity index (χ0) is 20.8. The number of rotatable bonds is 6. The number of hydrogen-bond donors (Lipinski definition) is 2. The number of nitrogens with one attached hydrogen (secondary N) is 1. The van der Waals surface area contributed by atoms with Crippen molar-refractivity contribution in [3.63, 3.8) is 0 Å². The second-order valence-corrected chi connectivity index (χ2v) is 6.71. The third-order valence-corrected chi connectivity index (χ3v) is 4.17. The van der Waals surface area contributed by atoms with Gasteiger partial charge in [0.2, 0.25) is 5.91 Å². The molecule has 0 fully saturated rings. The standard InChI is InChI=1S/C21H24N2O5/c1-13-5-7-15(3)17(9-13)22-19(25)11-23(4)20(26)12-28-21(27)16-8-6-14(2)10-18(16)24/h5-10,24H,11-12H2,1-4H3,(H,22,25). The molecule has 0 atom stereocenters. The molecule has 0 unspecified atom stereocenters. The average Bonchev–Trinajstić information content (AvgIpc) is 2.62. The number of phenolic OH excluding ortho intramolecular Hbond substituents is 1. The second-order valence-electron chi connectivity index (χ2n) is 6.71. The zero-order valence-electron chi connectivity index (χ0n) is 16.4. The van der Waals surface area contributed by atoms with Crippen molar-refractivity contribution in [1.29, 1.82) is 0 Å². The third kappa shape index (κ3) is 5.57.